The Bertz CT molecular complexity index is 349. The normalized spacial score (nSPS) is 11.0. The second-order valence-electron chi connectivity index (χ2n) is 4.51. The number of benzene rings is 1. The van der Waals surface area contributed by atoms with Gasteiger partial charge in [-0.05, 0) is 32.4 Å². The second-order valence-corrected chi connectivity index (χ2v) is 4.51. The van der Waals surface area contributed by atoms with Gasteiger partial charge in [0.15, 0.2) is 0 Å². The third-order valence-electron chi connectivity index (χ3n) is 2.59. The van der Waals surface area contributed by atoms with Crippen molar-refractivity contribution in [3.63, 3.8) is 0 Å². The van der Waals surface area contributed by atoms with E-state index in [0.717, 1.165) is 12.0 Å². The van der Waals surface area contributed by atoms with E-state index in [1.165, 1.54) is 0 Å². The Balaban J connectivity index is 2.52. The number of carbonyl (C=O) groups is 1. The molecule has 0 bridgehead atoms. The highest BCUT2D eigenvalue weighted by atomic mass is 16.2. The number of rotatable bonds is 5. The van der Waals surface area contributed by atoms with Gasteiger partial charge in [-0.15, -0.1) is 0 Å². The number of nitrogens with two attached hydrogens (primary N) is 1. The quantitative estimate of drug-likeness (QED) is 0.678. The maximum Gasteiger partial charge on any atom is 0.315 e. The molecule has 0 saturated heterocycles. The van der Waals surface area contributed by atoms with Gasteiger partial charge in [0.05, 0.1) is 5.54 Å². The molecular weight excluding hydrogens is 214 g/mol. The van der Waals surface area contributed by atoms with Gasteiger partial charge in [-0.3, -0.25) is 0 Å². The summed E-state index contributed by atoms with van der Waals surface area (Å²) in [6.07, 6.45) is 0.791. The first-order valence-electron chi connectivity index (χ1n) is 5.88. The summed E-state index contributed by atoms with van der Waals surface area (Å²) in [6, 6.07) is 9.73. The van der Waals surface area contributed by atoms with Crippen molar-refractivity contribution in [2.24, 2.45) is 5.73 Å². The van der Waals surface area contributed by atoms with Crippen LogP contribution in [0, 0.1) is 0 Å². The van der Waals surface area contributed by atoms with Crippen LogP contribution in [0.5, 0.6) is 0 Å². The summed E-state index contributed by atoms with van der Waals surface area (Å²) in [5.74, 6) is 0. The summed E-state index contributed by atoms with van der Waals surface area (Å²) in [5.41, 5.74) is 6.06. The molecule has 0 atom stereocenters. The van der Waals surface area contributed by atoms with Crippen molar-refractivity contribution in [1.82, 2.24) is 10.6 Å². The molecule has 4 N–H and O–H groups in total. The monoisotopic (exact) mass is 235 g/mol. The molecule has 1 aromatic rings. The highest BCUT2D eigenvalue weighted by Crippen LogP contribution is 2.18. The Hall–Kier alpha value is -1.55. The van der Waals surface area contributed by atoms with Crippen LogP contribution in [0.1, 0.15) is 25.8 Å². The van der Waals surface area contributed by atoms with E-state index in [1.54, 1.807) is 0 Å². The molecule has 0 aliphatic carbocycles. The second kappa shape index (κ2) is 6.25. The Labute approximate surface area is 103 Å². The van der Waals surface area contributed by atoms with E-state index < -0.39 is 0 Å². The number of urea groups is 1. The van der Waals surface area contributed by atoms with Crippen LogP contribution in [0.4, 0.5) is 4.79 Å². The summed E-state index contributed by atoms with van der Waals surface area (Å²) in [6.45, 7) is 5.14. The fraction of sp³-hybridized carbons (Fsp3) is 0.462. The summed E-state index contributed by atoms with van der Waals surface area (Å²) in [4.78, 5) is 11.6. The van der Waals surface area contributed by atoms with Crippen molar-refractivity contribution in [3.8, 4) is 0 Å². The maximum absolute atomic E-state index is 11.6. The van der Waals surface area contributed by atoms with Crippen LogP contribution in [0.25, 0.3) is 0 Å². The predicted molar refractivity (Wildman–Crippen MR) is 69.7 cm³/mol. The van der Waals surface area contributed by atoms with Crippen molar-refractivity contribution < 1.29 is 4.79 Å². The molecule has 1 aromatic carbocycles. The standard InChI is InChI=1S/C13H21N3O/c1-13(2,11-7-4-3-5-8-11)16-12(17)15-10-6-9-14/h3-5,7-8H,6,9-10,14H2,1-2H3,(H2,15,16,17). The molecule has 0 aliphatic rings. The summed E-state index contributed by atoms with van der Waals surface area (Å²) < 4.78 is 0. The van der Waals surface area contributed by atoms with Gasteiger partial charge in [-0.1, -0.05) is 30.3 Å². The van der Waals surface area contributed by atoms with Gasteiger partial charge in [0, 0.05) is 6.54 Å². The third-order valence-corrected chi connectivity index (χ3v) is 2.59. The predicted octanol–water partition coefficient (Wildman–Crippen LogP) is 1.57. The van der Waals surface area contributed by atoms with Crippen LogP contribution in [0.3, 0.4) is 0 Å². The van der Waals surface area contributed by atoms with Gasteiger partial charge in [-0.25, -0.2) is 4.79 Å². The molecule has 4 nitrogen and oxygen atoms in total. The van der Waals surface area contributed by atoms with Crippen LogP contribution in [-0.4, -0.2) is 19.1 Å². The van der Waals surface area contributed by atoms with Gasteiger partial charge in [-0.2, -0.15) is 0 Å². The molecular formula is C13H21N3O. The molecule has 94 valence electrons. The van der Waals surface area contributed by atoms with Crippen molar-refractivity contribution in [2.45, 2.75) is 25.8 Å². The van der Waals surface area contributed by atoms with Gasteiger partial charge in [0.1, 0.15) is 0 Å². The molecule has 0 heterocycles. The Morgan fingerprint density at radius 1 is 1.29 bits per heavy atom. The number of carbonyl (C=O) groups excluding carboxylic acids is 1. The summed E-state index contributed by atoms with van der Waals surface area (Å²) in [5, 5.41) is 5.72. The van der Waals surface area contributed by atoms with Gasteiger partial charge in [0.25, 0.3) is 0 Å². The van der Waals surface area contributed by atoms with Crippen molar-refractivity contribution in [2.75, 3.05) is 13.1 Å². The Kier molecular flexibility index (Phi) is 4.97. The number of nitrogens with one attached hydrogen (secondary N) is 2. The zero-order chi connectivity index (χ0) is 12.7. The van der Waals surface area contributed by atoms with E-state index in [-0.39, 0.29) is 11.6 Å². The van der Waals surface area contributed by atoms with E-state index >= 15 is 0 Å². The van der Waals surface area contributed by atoms with E-state index in [4.69, 9.17) is 5.73 Å². The Morgan fingerprint density at radius 3 is 2.53 bits per heavy atom. The van der Waals surface area contributed by atoms with E-state index in [1.807, 2.05) is 44.2 Å². The third kappa shape index (κ3) is 4.44. The molecule has 0 radical (unpaired) electrons. The highest BCUT2D eigenvalue weighted by Gasteiger charge is 2.21. The van der Waals surface area contributed by atoms with Crippen LogP contribution in [0.15, 0.2) is 30.3 Å². The largest absolute Gasteiger partial charge is 0.338 e. The molecule has 0 spiro atoms. The topological polar surface area (TPSA) is 67.2 Å². The highest BCUT2D eigenvalue weighted by molar-refractivity contribution is 5.74. The van der Waals surface area contributed by atoms with Crippen molar-refractivity contribution in [3.05, 3.63) is 35.9 Å². The SMILES string of the molecule is CC(C)(NC(=O)NCCCN)c1ccccc1. The van der Waals surface area contributed by atoms with Crippen LogP contribution < -0.4 is 16.4 Å². The van der Waals surface area contributed by atoms with E-state index in [2.05, 4.69) is 10.6 Å². The van der Waals surface area contributed by atoms with E-state index in [0.29, 0.717) is 13.1 Å². The Morgan fingerprint density at radius 2 is 1.94 bits per heavy atom. The zero-order valence-electron chi connectivity index (χ0n) is 10.5. The first-order valence-corrected chi connectivity index (χ1v) is 5.88. The molecule has 0 saturated carbocycles. The lowest BCUT2D eigenvalue weighted by Gasteiger charge is -2.27. The number of amides is 2. The minimum Gasteiger partial charge on any atom is -0.338 e. The first kappa shape index (κ1) is 13.5. The van der Waals surface area contributed by atoms with Gasteiger partial charge in [0.2, 0.25) is 0 Å². The molecule has 4 heteroatoms. The molecule has 0 aromatic heterocycles. The van der Waals surface area contributed by atoms with Crippen molar-refractivity contribution >= 4 is 6.03 Å². The van der Waals surface area contributed by atoms with Crippen LogP contribution >= 0.6 is 0 Å². The van der Waals surface area contributed by atoms with Crippen LogP contribution in [-0.2, 0) is 5.54 Å². The fourth-order valence-electron chi connectivity index (χ4n) is 1.56. The van der Waals surface area contributed by atoms with E-state index in [9.17, 15) is 4.79 Å². The summed E-state index contributed by atoms with van der Waals surface area (Å²) in [7, 11) is 0. The smallest absolute Gasteiger partial charge is 0.315 e. The molecule has 2 amide bonds. The minimum atomic E-state index is -0.381. The molecule has 0 aliphatic heterocycles. The maximum atomic E-state index is 11.6. The lowest BCUT2D eigenvalue weighted by molar-refractivity contribution is 0.230. The minimum absolute atomic E-state index is 0.160. The molecule has 1 rings (SSSR count). The molecule has 0 fully saturated rings. The van der Waals surface area contributed by atoms with Crippen LogP contribution in [0.2, 0.25) is 0 Å². The zero-order valence-corrected chi connectivity index (χ0v) is 10.5. The molecule has 0 unspecified atom stereocenters. The van der Waals surface area contributed by atoms with Crippen molar-refractivity contribution in [1.29, 1.82) is 0 Å². The lowest BCUT2D eigenvalue weighted by Crippen LogP contribution is -2.46. The first-order chi connectivity index (χ1) is 8.06. The number of hydrogen-bond acceptors (Lipinski definition) is 2. The average Bonchev–Trinajstić information content (AvgIpc) is 2.30. The lowest BCUT2D eigenvalue weighted by atomic mass is 9.95. The van der Waals surface area contributed by atoms with Gasteiger partial charge >= 0.3 is 6.03 Å². The molecule has 17 heavy (non-hydrogen) atoms. The number of hydrogen-bond donors (Lipinski definition) is 3. The van der Waals surface area contributed by atoms with Gasteiger partial charge < -0.3 is 16.4 Å². The summed E-state index contributed by atoms with van der Waals surface area (Å²) >= 11 is 0. The fourth-order valence-corrected chi connectivity index (χ4v) is 1.56. The average molecular weight is 235 g/mol.